The zero-order valence-corrected chi connectivity index (χ0v) is 15.3. The molecule has 29 heavy (non-hydrogen) atoms. The van der Waals surface area contributed by atoms with Gasteiger partial charge in [0.1, 0.15) is 30.5 Å². The van der Waals surface area contributed by atoms with Gasteiger partial charge in [-0.2, -0.15) is 0 Å². The fourth-order valence-corrected chi connectivity index (χ4v) is 2.54. The van der Waals surface area contributed by atoms with Crippen molar-refractivity contribution in [3.8, 4) is 11.5 Å². The number of anilines is 1. The molecule has 0 aliphatic carbocycles. The van der Waals surface area contributed by atoms with Crippen molar-refractivity contribution in [2.45, 2.75) is 0 Å². The summed E-state index contributed by atoms with van der Waals surface area (Å²) in [4.78, 5) is 23.1. The van der Waals surface area contributed by atoms with Crippen molar-refractivity contribution in [2.24, 2.45) is 0 Å². The van der Waals surface area contributed by atoms with Crippen LogP contribution in [0.4, 0.5) is 10.1 Å². The molecule has 0 saturated heterocycles. The van der Waals surface area contributed by atoms with E-state index >= 15 is 0 Å². The summed E-state index contributed by atoms with van der Waals surface area (Å²) in [6.45, 7) is 0.398. The Balaban J connectivity index is 1.56. The third-order valence-electron chi connectivity index (χ3n) is 3.96. The molecule has 0 atom stereocenters. The molecule has 2 N–H and O–H groups in total. The van der Waals surface area contributed by atoms with E-state index in [0.717, 1.165) is 0 Å². The maximum Gasteiger partial charge on any atom is 0.335 e. The highest BCUT2D eigenvalue weighted by molar-refractivity contribution is 6.05. The Morgan fingerprint density at radius 2 is 1.52 bits per heavy atom. The summed E-state index contributed by atoms with van der Waals surface area (Å²) < 4.78 is 25.0. The average Bonchev–Trinajstić information content (AvgIpc) is 2.73. The molecule has 0 fully saturated rings. The zero-order valence-electron chi connectivity index (χ0n) is 15.3. The highest BCUT2D eigenvalue weighted by atomic mass is 19.1. The van der Waals surface area contributed by atoms with Gasteiger partial charge < -0.3 is 19.9 Å². The molecule has 0 aromatic heterocycles. The highest BCUT2D eigenvalue weighted by Gasteiger charge is 2.13. The minimum Gasteiger partial charge on any atom is -0.490 e. The second-order valence-corrected chi connectivity index (χ2v) is 5.96. The standard InChI is InChI=1S/C22H18FNO5/c23-18-6-2-1-5-17(18)21(25)24-19-7-3-4-8-20(19)29-14-13-28-16-11-9-15(10-12-16)22(26)27/h1-12H,13-14H2,(H,24,25)(H,26,27). The monoisotopic (exact) mass is 395 g/mol. The lowest BCUT2D eigenvalue weighted by Gasteiger charge is -2.13. The van der Waals surface area contributed by atoms with E-state index in [1.54, 1.807) is 42.5 Å². The molecule has 0 spiro atoms. The molecular formula is C22H18FNO5. The lowest BCUT2D eigenvalue weighted by atomic mass is 10.2. The van der Waals surface area contributed by atoms with Gasteiger partial charge in [-0.3, -0.25) is 4.79 Å². The summed E-state index contributed by atoms with van der Waals surface area (Å²) in [5, 5.41) is 11.5. The second-order valence-electron chi connectivity index (χ2n) is 5.96. The van der Waals surface area contributed by atoms with Crippen LogP contribution in [-0.2, 0) is 0 Å². The fraction of sp³-hybridized carbons (Fsp3) is 0.0909. The third kappa shape index (κ3) is 5.32. The smallest absolute Gasteiger partial charge is 0.335 e. The number of para-hydroxylation sites is 2. The number of hydrogen-bond acceptors (Lipinski definition) is 4. The molecule has 0 heterocycles. The van der Waals surface area contributed by atoms with Crippen molar-refractivity contribution in [3.63, 3.8) is 0 Å². The Hall–Kier alpha value is -3.87. The molecular weight excluding hydrogens is 377 g/mol. The molecule has 0 aliphatic heterocycles. The Morgan fingerprint density at radius 3 is 2.24 bits per heavy atom. The van der Waals surface area contributed by atoms with Gasteiger partial charge in [0.2, 0.25) is 0 Å². The topological polar surface area (TPSA) is 84.9 Å². The van der Waals surface area contributed by atoms with E-state index in [1.165, 1.54) is 30.3 Å². The van der Waals surface area contributed by atoms with Crippen molar-refractivity contribution >= 4 is 17.6 Å². The minimum atomic E-state index is -1.01. The molecule has 6 nitrogen and oxygen atoms in total. The maximum atomic E-state index is 13.8. The van der Waals surface area contributed by atoms with Crippen molar-refractivity contribution in [3.05, 3.63) is 89.7 Å². The van der Waals surface area contributed by atoms with Gasteiger partial charge in [-0.05, 0) is 48.5 Å². The number of carboxylic acids is 1. The number of carboxylic acid groups (broad SMARTS) is 1. The van der Waals surface area contributed by atoms with Crippen LogP contribution in [0.3, 0.4) is 0 Å². The van der Waals surface area contributed by atoms with E-state index in [9.17, 15) is 14.0 Å². The molecule has 0 unspecified atom stereocenters. The number of aromatic carboxylic acids is 1. The maximum absolute atomic E-state index is 13.8. The fourth-order valence-electron chi connectivity index (χ4n) is 2.54. The van der Waals surface area contributed by atoms with Crippen LogP contribution in [0.2, 0.25) is 0 Å². The molecule has 7 heteroatoms. The predicted molar refractivity (Wildman–Crippen MR) is 105 cm³/mol. The molecule has 3 aromatic rings. The number of ether oxygens (including phenoxy) is 2. The molecule has 1 amide bonds. The van der Waals surface area contributed by atoms with Crippen LogP contribution in [0.1, 0.15) is 20.7 Å². The van der Waals surface area contributed by atoms with Gasteiger partial charge in [-0.15, -0.1) is 0 Å². The van der Waals surface area contributed by atoms with Crippen molar-refractivity contribution in [2.75, 3.05) is 18.5 Å². The summed E-state index contributed by atoms with van der Waals surface area (Å²) in [7, 11) is 0. The number of hydrogen-bond donors (Lipinski definition) is 2. The highest BCUT2D eigenvalue weighted by Crippen LogP contribution is 2.24. The quantitative estimate of drug-likeness (QED) is 0.558. The average molecular weight is 395 g/mol. The predicted octanol–water partition coefficient (Wildman–Crippen LogP) is 4.23. The number of amides is 1. The Bertz CT molecular complexity index is 1000. The van der Waals surface area contributed by atoms with Crippen LogP contribution < -0.4 is 14.8 Å². The van der Waals surface area contributed by atoms with Gasteiger partial charge in [-0.25, -0.2) is 9.18 Å². The third-order valence-corrected chi connectivity index (χ3v) is 3.96. The van der Waals surface area contributed by atoms with Crippen LogP contribution >= 0.6 is 0 Å². The van der Waals surface area contributed by atoms with Gasteiger partial charge >= 0.3 is 5.97 Å². The molecule has 3 rings (SSSR count). The zero-order chi connectivity index (χ0) is 20.6. The number of benzene rings is 3. The van der Waals surface area contributed by atoms with E-state index < -0.39 is 17.7 Å². The summed E-state index contributed by atoms with van der Waals surface area (Å²) in [5.41, 5.74) is 0.523. The second kappa shape index (κ2) is 9.36. The van der Waals surface area contributed by atoms with Gasteiger partial charge in [0.25, 0.3) is 5.91 Å². The first-order chi connectivity index (χ1) is 14.0. The van der Waals surface area contributed by atoms with E-state index in [2.05, 4.69) is 5.32 Å². The first-order valence-corrected chi connectivity index (χ1v) is 8.78. The number of halogens is 1. The molecule has 3 aromatic carbocycles. The van der Waals surface area contributed by atoms with Crippen LogP contribution in [0.5, 0.6) is 11.5 Å². The van der Waals surface area contributed by atoms with Gasteiger partial charge in [-0.1, -0.05) is 24.3 Å². The summed E-state index contributed by atoms with van der Waals surface area (Å²) in [6, 6.07) is 18.5. The number of carbonyl (C=O) groups excluding carboxylic acids is 1. The first kappa shape index (κ1) is 19.9. The normalized spacial score (nSPS) is 10.2. The molecule has 0 bridgehead atoms. The van der Waals surface area contributed by atoms with Crippen molar-refractivity contribution < 1.29 is 28.6 Å². The number of rotatable bonds is 8. The lowest BCUT2D eigenvalue weighted by Crippen LogP contribution is -2.15. The molecule has 0 radical (unpaired) electrons. The SMILES string of the molecule is O=C(O)c1ccc(OCCOc2ccccc2NC(=O)c2ccccc2F)cc1. The summed E-state index contributed by atoms with van der Waals surface area (Å²) in [6.07, 6.45) is 0. The lowest BCUT2D eigenvalue weighted by molar-refractivity contribution is 0.0696. The van der Waals surface area contributed by atoms with Crippen LogP contribution in [0.25, 0.3) is 0 Å². The van der Waals surface area contributed by atoms with Crippen molar-refractivity contribution in [1.82, 2.24) is 0 Å². The Kier molecular flexibility index (Phi) is 6.42. The van der Waals surface area contributed by atoms with Crippen LogP contribution in [0.15, 0.2) is 72.8 Å². The van der Waals surface area contributed by atoms with E-state index in [0.29, 0.717) is 17.2 Å². The van der Waals surface area contributed by atoms with Crippen LogP contribution in [-0.4, -0.2) is 30.2 Å². The van der Waals surface area contributed by atoms with E-state index in [-0.39, 0.29) is 24.3 Å². The first-order valence-electron chi connectivity index (χ1n) is 8.78. The largest absolute Gasteiger partial charge is 0.490 e. The van der Waals surface area contributed by atoms with Gasteiger partial charge in [0, 0.05) is 0 Å². The van der Waals surface area contributed by atoms with Crippen LogP contribution in [0, 0.1) is 5.82 Å². The summed E-state index contributed by atoms with van der Waals surface area (Å²) >= 11 is 0. The Morgan fingerprint density at radius 1 is 0.862 bits per heavy atom. The Labute approximate surface area is 166 Å². The van der Waals surface area contributed by atoms with Gasteiger partial charge in [0.05, 0.1) is 16.8 Å². The van der Waals surface area contributed by atoms with E-state index in [1.807, 2.05) is 0 Å². The molecule has 0 aliphatic rings. The summed E-state index contributed by atoms with van der Waals surface area (Å²) in [5.74, 6) is -1.25. The number of nitrogens with one attached hydrogen (secondary N) is 1. The minimum absolute atomic E-state index is 0.0598. The number of carbonyl (C=O) groups is 2. The molecule has 148 valence electrons. The van der Waals surface area contributed by atoms with Gasteiger partial charge in [0.15, 0.2) is 0 Å². The molecule has 0 saturated carbocycles. The van der Waals surface area contributed by atoms with E-state index in [4.69, 9.17) is 14.6 Å². The van der Waals surface area contributed by atoms with Crippen molar-refractivity contribution in [1.29, 1.82) is 0 Å².